The lowest BCUT2D eigenvalue weighted by Crippen LogP contribution is -2.37. The second-order valence-corrected chi connectivity index (χ2v) is 8.51. The molecule has 0 aliphatic carbocycles. The Morgan fingerprint density at radius 1 is 1.29 bits per heavy atom. The normalized spacial score (nSPS) is 20.5. The van der Waals surface area contributed by atoms with Crippen LogP contribution in [0.5, 0.6) is 0 Å². The Balaban J connectivity index is 1.44. The molecule has 1 saturated heterocycles. The largest absolute Gasteiger partial charge is 0.376 e. The number of aromatic nitrogens is 2. The third-order valence-corrected chi connectivity index (χ3v) is 6.18. The molecule has 7 nitrogen and oxygen atoms in total. The van der Waals surface area contributed by atoms with Crippen LogP contribution in [0.1, 0.15) is 30.9 Å². The zero-order chi connectivity index (χ0) is 21.5. The second kappa shape index (κ2) is 7.98. The lowest BCUT2D eigenvalue weighted by Gasteiger charge is -2.19. The molecule has 1 aromatic heterocycles. The van der Waals surface area contributed by atoms with E-state index in [9.17, 15) is 9.59 Å². The number of amides is 2. The average Bonchev–Trinajstić information content (AvgIpc) is 3.44. The molecule has 5 rings (SSSR count). The number of anilines is 2. The second-order valence-electron chi connectivity index (χ2n) is 8.11. The number of halogens is 1. The maximum atomic E-state index is 13.4. The number of aryl methyl sites for hydroxylation is 1. The Hall–Kier alpha value is -2.90. The van der Waals surface area contributed by atoms with Crippen LogP contribution in [-0.4, -0.2) is 40.6 Å². The quantitative estimate of drug-likeness (QED) is 0.650. The number of hydrogen-bond acceptors (Lipinski definition) is 4. The van der Waals surface area contributed by atoms with Crippen LogP contribution >= 0.6 is 11.6 Å². The third kappa shape index (κ3) is 3.68. The zero-order valence-corrected chi connectivity index (χ0v) is 17.9. The van der Waals surface area contributed by atoms with Crippen molar-refractivity contribution >= 4 is 46.1 Å². The highest BCUT2D eigenvalue weighted by Crippen LogP contribution is 2.37. The number of rotatable bonds is 5. The summed E-state index contributed by atoms with van der Waals surface area (Å²) in [6.45, 7) is 3.10. The molecule has 3 aromatic rings. The molecule has 2 aliphatic rings. The first kappa shape index (κ1) is 20.0. The molecule has 0 unspecified atom stereocenters. The average molecular weight is 439 g/mol. The van der Waals surface area contributed by atoms with Gasteiger partial charge in [0.05, 0.1) is 40.8 Å². The van der Waals surface area contributed by atoms with Gasteiger partial charge in [0.25, 0.3) is 5.91 Å². The number of carbonyl (C=O) groups excluding carboxylic acids is 2. The molecular weight excluding hydrogens is 416 g/mol. The molecule has 1 fully saturated rings. The van der Waals surface area contributed by atoms with E-state index in [-0.39, 0.29) is 24.3 Å². The van der Waals surface area contributed by atoms with Gasteiger partial charge >= 0.3 is 0 Å². The highest BCUT2D eigenvalue weighted by Gasteiger charge is 2.42. The van der Waals surface area contributed by atoms with Crippen LogP contribution in [0.2, 0.25) is 5.02 Å². The van der Waals surface area contributed by atoms with Gasteiger partial charge in [0.1, 0.15) is 6.04 Å². The molecule has 2 aromatic carbocycles. The molecule has 0 radical (unpaired) electrons. The summed E-state index contributed by atoms with van der Waals surface area (Å²) in [4.78, 5) is 32.6. The van der Waals surface area contributed by atoms with Crippen molar-refractivity contribution in [3.63, 3.8) is 0 Å². The van der Waals surface area contributed by atoms with Crippen LogP contribution in [0.25, 0.3) is 11.0 Å². The summed E-state index contributed by atoms with van der Waals surface area (Å²) in [6, 6.07) is 12.5. The summed E-state index contributed by atoms with van der Waals surface area (Å²) in [6.07, 6.45) is 1.90. The summed E-state index contributed by atoms with van der Waals surface area (Å²) >= 11 is 6.26. The van der Waals surface area contributed by atoms with E-state index in [0.29, 0.717) is 29.8 Å². The topological polar surface area (TPSA) is 76.5 Å². The summed E-state index contributed by atoms with van der Waals surface area (Å²) in [5, 5.41) is 3.32. The molecule has 0 saturated carbocycles. The van der Waals surface area contributed by atoms with Gasteiger partial charge in [-0.25, -0.2) is 4.98 Å². The van der Waals surface area contributed by atoms with E-state index in [0.717, 1.165) is 29.4 Å². The number of nitrogens with one attached hydrogen (secondary N) is 1. The first-order chi connectivity index (χ1) is 15.0. The predicted octanol–water partition coefficient (Wildman–Crippen LogP) is 4.09. The summed E-state index contributed by atoms with van der Waals surface area (Å²) in [7, 11) is 0. The molecule has 2 atom stereocenters. The minimum atomic E-state index is -0.659. The number of carbonyl (C=O) groups is 2. The number of ether oxygens (including phenoxy) is 1. The molecule has 1 N–H and O–H groups in total. The van der Waals surface area contributed by atoms with Gasteiger partial charge in [-0.2, -0.15) is 0 Å². The van der Waals surface area contributed by atoms with Gasteiger partial charge < -0.3 is 10.1 Å². The summed E-state index contributed by atoms with van der Waals surface area (Å²) in [5.41, 5.74) is 3.18. The molecular formula is C23H23ClN4O3. The maximum absolute atomic E-state index is 13.4. The molecule has 0 spiro atoms. The predicted molar refractivity (Wildman–Crippen MR) is 120 cm³/mol. The molecule has 31 heavy (non-hydrogen) atoms. The van der Waals surface area contributed by atoms with Crippen molar-refractivity contribution < 1.29 is 14.3 Å². The summed E-state index contributed by atoms with van der Waals surface area (Å²) < 4.78 is 7.62. The van der Waals surface area contributed by atoms with E-state index in [4.69, 9.17) is 21.3 Å². The van der Waals surface area contributed by atoms with E-state index >= 15 is 0 Å². The number of hydrogen-bond donors (Lipinski definition) is 1. The van der Waals surface area contributed by atoms with Crippen molar-refractivity contribution in [1.29, 1.82) is 0 Å². The van der Waals surface area contributed by atoms with Gasteiger partial charge in [0.15, 0.2) is 0 Å². The number of benzene rings is 2. The molecule has 0 bridgehead atoms. The fourth-order valence-corrected chi connectivity index (χ4v) is 4.64. The van der Waals surface area contributed by atoms with E-state index in [1.54, 1.807) is 17.0 Å². The molecule has 2 aliphatic heterocycles. The monoisotopic (exact) mass is 438 g/mol. The van der Waals surface area contributed by atoms with Crippen molar-refractivity contribution in [3.05, 3.63) is 53.1 Å². The van der Waals surface area contributed by atoms with Crippen molar-refractivity contribution in [2.24, 2.45) is 0 Å². The third-order valence-electron chi connectivity index (χ3n) is 5.87. The Morgan fingerprint density at radius 2 is 2.13 bits per heavy atom. The van der Waals surface area contributed by atoms with E-state index < -0.39 is 6.04 Å². The van der Waals surface area contributed by atoms with E-state index in [1.807, 2.05) is 41.8 Å². The highest BCUT2D eigenvalue weighted by molar-refractivity contribution is 6.33. The SMILES string of the molecule is Cc1ccc(NC(=O)C[C@@H]2C(=O)N(C[C@@H]3CCCO3)c3nc4ccccc4n32)c(Cl)c1. The van der Waals surface area contributed by atoms with Crippen molar-refractivity contribution in [1.82, 2.24) is 9.55 Å². The Morgan fingerprint density at radius 3 is 2.90 bits per heavy atom. The van der Waals surface area contributed by atoms with Crippen LogP contribution in [0.4, 0.5) is 11.6 Å². The molecule has 3 heterocycles. The van der Waals surface area contributed by atoms with Crippen molar-refractivity contribution in [2.75, 3.05) is 23.4 Å². The van der Waals surface area contributed by atoms with Crippen LogP contribution in [-0.2, 0) is 14.3 Å². The minimum absolute atomic E-state index is 0.00157. The van der Waals surface area contributed by atoms with Gasteiger partial charge in [-0.1, -0.05) is 29.8 Å². The first-order valence-corrected chi connectivity index (χ1v) is 10.8. The van der Waals surface area contributed by atoms with Gasteiger partial charge in [-0.15, -0.1) is 0 Å². The fraction of sp³-hybridized carbons (Fsp3) is 0.348. The number of fused-ring (bicyclic) bond motifs is 3. The highest BCUT2D eigenvalue weighted by atomic mass is 35.5. The standard InChI is InChI=1S/C23H23ClN4O3/c1-14-8-9-17(16(24)11-14)25-21(29)12-20-22(30)27(13-15-5-4-10-31-15)23-26-18-6-2-3-7-19(18)28(20)23/h2-3,6-9,11,15,20H,4-5,10,12-13H2,1H3,(H,25,29)/t15-,20+/m0/s1. The van der Waals surface area contributed by atoms with E-state index in [1.165, 1.54) is 0 Å². The van der Waals surface area contributed by atoms with Crippen LogP contribution in [0.3, 0.4) is 0 Å². The van der Waals surface area contributed by atoms with Crippen molar-refractivity contribution in [3.8, 4) is 0 Å². The maximum Gasteiger partial charge on any atom is 0.253 e. The molecule has 8 heteroatoms. The van der Waals surface area contributed by atoms with E-state index in [2.05, 4.69) is 5.32 Å². The van der Waals surface area contributed by atoms with Crippen LogP contribution in [0.15, 0.2) is 42.5 Å². The molecule has 160 valence electrons. The van der Waals surface area contributed by atoms with Gasteiger partial charge in [0.2, 0.25) is 11.9 Å². The number of para-hydroxylation sites is 2. The Labute approximate surface area is 184 Å². The van der Waals surface area contributed by atoms with Gasteiger partial charge in [-0.3, -0.25) is 19.1 Å². The smallest absolute Gasteiger partial charge is 0.253 e. The number of imidazole rings is 1. The summed E-state index contributed by atoms with van der Waals surface area (Å²) in [5.74, 6) is 0.175. The molecule has 2 amide bonds. The van der Waals surface area contributed by atoms with Crippen molar-refractivity contribution in [2.45, 2.75) is 38.3 Å². The van der Waals surface area contributed by atoms with Crippen LogP contribution in [0, 0.1) is 6.92 Å². The van der Waals surface area contributed by atoms with Gasteiger partial charge in [0, 0.05) is 6.61 Å². The van der Waals surface area contributed by atoms with Gasteiger partial charge in [-0.05, 0) is 49.6 Å². The fourth-order valence-electron chi connectivity index (χ4n) is 4.36. The Kier molecular flexibility index (Phi) is 5.16. The lowest BCUT2D eigenvalue weighted by atomic mass is 10.1. The first-order valence-electron chi connectivity index (χ1n) is 10.5. The zero-order valence-electron chi connectivity index (χ0n) is 17.2. The lowest BCUT2D eigenvalue weighted by molar-refractivity contribution is -0.124. The van der Waals surface area contributed by atoms with Crippen LogP contribution < -0.4 is 10.2 Å². The minimum Gasteiger partial charge on any atom is -0.376 e. The number of nitrogens with zero attached hydrogens (tertiary/aromatic N) is 3. The Bertz CT molecular complexity index is 1170.